The first-order chi connectivity index (χ1) is 17.6. The highest BCUT2D eigenvalue weighted by Gasteiger charge is 2.36. The molecule has 3 heterocycles. The summed E-state index contributed by atoms with van der Waals surface area (Å²) in [6, 6.07) is 12.8. The van der Waals surface area contributed by atoms with Crippen LogP contribution in [0.2, 0.25) is 5.02 Å². The molecule has 0 spiro atoms. The summed E-state index contributed by atoms with van der Waals surface area (Å²) in [5.41, 5.74) is 2.77. The summed E-state index contributed by atoms with van der Waals surface area (Å²) in [6.07, 6.45) is 1.69. The van der Waals surface area contributed by atoms with E-state index in [1.54, 1.807) is 23.1 Å². The van der Waals surface area contributed by atoms with Gasteiger partial charge in [0.1, 0.15) is 0 Å². The van der Waals surface area contributed by atoms with Crippen molar-refractivity contribution in [3.63, 3.8) is 0 Å². The Morgan fingerprint density at radius 3 is 2.19 bits per heavy atom. The molecule has 0 radical (unpaired) electrons. The van der Waals surface area contributed by atoms with Crippen LogP contribution in [0.1, 0.15) is 32.3 Å². The number of halogens is 1. The second-order valence-corrected chi connectivity index (χ2v) is 12.6. The summed E-state index contributed by atoms with van der Waals surface area (Å²) in [6.45, 7) is 7.00. The molecular formula is C27H33ClN4O4S. The Morgan fingerprint density at radius 1 is 0.919 bits per heavy atom. The highest BCUT2D eigenvalue weighted by atomic mass is 35.5. The molecule has 1 atom stereocenters. The Balaban J connectivity index is 1.18. The summed E-state index contributed by atoms with van der Waals surface area (Å²) < 4.78 is 28.3. The fourth-order valence-corrected chi connectivity index (χ4v) is 7.48. The van der Waals surface area contributed by atoms with Crippen LogP contribution in [0, 0.1) is 5.92 Å². The Hall–Kier alpha value is -2.62. The maximum Gasteiger partial charge on any atom is 0.243 e. The van der Waals surface area contributed by atoms with E-state index in [9.17, 15) is 18.0 Å². The molecule has 3 aliphatic rings. The summed E-state index contributed by atoms with van der Waals surface area (Å²) >= 11 is 5.99. The highest BCUT2D eigenvalue weighted by molar-refractivity contribution is 7.89. The average molecular weight is 545 g/mol. The maximum absolute atomic E-state index is 13.4. The van der Waals surface area contributed by atoms with Crippen LogP contribution in [0.15, 0.2) is 47.4 Å². The second kappa shape index (κ2) is 10.3. The van der Waals surface area contributed by atoms with Gasteiger partial charge < -0.3 is 14.7 Å². The Morgan fingerprint density at radius 2 is 1.57 bits per heavy atom. The lowest BCUT2D eigenvalue weighted by Gasteiger charge is -2.39. The van der Waals surface area contributed by atoms with Gasteiger partial charge >= 0.3 is 0 Å². The smallest absolute Gasteiger partial charge is 0.243 e. The predicted octanol–water partition coefficient (Wildman–Crippen LogP) is 3.39. The molecule has 0 bridgehead atoms. The summed E-state index contributed by atoms with van der Waals surface area (Å²) in [5, 5.41) is 0.705. The van der Waals surface area contributed by atoms with Crippen LogP contribution in [0.4, 0.5) is 11.4 Å². The summed E-state index contributed by atoms with van der Waals surface area (Å²) in [5.74, 6) is -0.0674. The molecule has 2 amide bonds. The molecule has 2 aromatic rings. The number of piperidine rings is 1. The fourth-order valence-electron chi connectivity index (χ4n) is 5.84. The number of sulfonamides is 1. The molecule has 8 nitrogen and oxygen atoms in total. The van der Waals surface area contributed by atoms with Crippen molar-refractivity contribution >= 4 is 44.8 Å². The van der Waals surface area contributed by atoms with Crippen LogP contribution in [0.25, 0.3) is 0 Å². The van der Waals surface area contributed by atoms with Crippen LogP contribution in [0.5, 0.6) is 0 Å². The van der Waals surface area contributed by atoms with E-state index in [0.717, 1.165) is 30.0 Å². The monoisotopic (exact) mass is 544 g/mol. The van der Waals surface area contributed by atoms with Gasteiger partial charge in [-0.05, 0) is 74.2 Å². The zero-order valence-corrected chi connectivity index (χ0v) is 22.8. The number of anilines is 2. The van der Waals surface area contributed by atoms with E-state index in [-0.39, 0.29) is 28.7 Å². The maximum atomic E-state index is 13.4. The lowest BCUT2D eigenvalue weighted by Crippen LogP contribution is -2.52. The molecule has 0 saturated carbocycles. The summed E-state index contributed by atoms with van der Waals surface area (Å²) in [4.78, 5) is 31.4. The number of carbonyl (C=O) groups is 2. The standard InChI is InChI=1S/C27H33ClN4O4S/c1-19-17-22-18-25(7-8-26(22)32(19)20(2)33)37(35,36)31-11-9-21(10-12-31)27(34)30-15-13-29(14-16-30)24-5-3-23(28)4-6-24/h3-8,18-19,21H,9-17H2,1-2H3/t19-/m0/s1. The average Bonchev–Trinajstić information content (AvgIpc) is 3.24. The minimum absolute atomic E-state index is 0.0141. The summed E-state index contributed by atoms with van der Waals surface area (Å²) in [7, 11) is -3.66. The molecule has 0 aliphatic carbocycles. The van der Waals surface area contributed by atoms with Crippen molar-refractivity contribution in [3.05, 3.63) is 53.1 Å². The van der Waals surface area contributed by atoms with E-state index in [2.05, 4.69) is 4.90 Å². The van der Waals surface area contributed by atoms with Gasteiger partial charge in [0.2, 0.25) is 21.8 Å². The second-order valence-electron chi connectivity index (χ2n) is 10.2. The van der Waals surface area contributed by atoms with Gasteiger partial charge in [-0.25, -0.2) is 8.42 Å². The van der Waals surface area contributed by atoms with Crippen LogP contribution in [0.3, 0.4) is 0 Å². The van der Waals surface area contributed by atoms with Crippen molar-refractivity contribution in [1.29, 1.82) is 0 Å². The number of carbonyl (C=O) groups excluding carboxylic acids is 2. The van der Waals surface area contributed by atoms with Crippen molar-refractivity contribution in [2.24, 2.45) is 5.92 Å². The van der Waals surface area contributed by atoms with Gasteiger partial charge in [0, 0.05) is 74.5 Å². The number of hydrogen-bond donors (Lipinski definition) is 0. The van der Waals surface area contributed by atoms with Crippen molar-refractivity contribution in [2.75, 3.05) is 49.1 Å². The number of rotatable bonds is 4. The van der Waals surface area contributed by atoms with E-state index in [4.69, 9.17) is 11.6 Å². The van der Waals surface area contributed by atoms with Gasteiger partial charge in [-0.15, -0.1) is 0 Å². The van der Waals surface area contributed by atoms with Crippen molar-refractivity contribution < 1.29 is 18.0 Å². The predicted molar refractivity (Wildman–Crippen MR) is 144 cm³/mol. The Kier molecular flexibility index (Phi) is 7.22. The molecule has 198 valence electrons. The van der Waals surface area contributed by atoms with Gasteiger partial charge in [-0.1, -0.05) is 11.6 Å². The third-order valence-corrected chi connectivity index (χ3v) is 9.98. The minimum Gasteiger partial charge on any atom is -0.368 e. The van der Waals surface area contributed by atoms with Crippen LogP contribution in [-0.4, -0.2) is 74.7 Å². The molecule has 2 aromatic carbocycles. The van der Waals surface area contributed by atoms with Gasteiger partial charge in [0.15, 0.2) is 0 Å². The van der Waals surface area contributed by atoms with Crippen LogP contribution < -0.4 is 9.80 Å². The van der Waals surface area contributed by atoms with Crippen molar-refractivity contribution in [2.45, 2.75) is 44.0 Å². The quantitative estimate of drug-likeness (QED) is 0.589. The molecule has 5 rings (SSSR count). The van der Waals surface area contributed by atoms with Gasteiger partial charge in [0.05, 0.1) is 4.90 Å². The first-order valence-electron chi connectivity index (χ1n) is 12.9. The number of piperazine rings is 1. The number of amides is 2. The lowest BCUT2D eigenvalue weighted by atomic mass is 9.96. The molecule has 0 unspecified atom stereocenters. The molecule has 0 N–H and O–H groups in total. The number of nitrogens with zero attached hydrogens (tertiary/aromatic N) is 4. The highest BCUT2D eigenvalue weighted by Crippen LogP contribution is 2.35. The minimum atomic E-state index is -3.66. The number of benzene rings is 2. The van der Waals surface area contributed by atoms with Crippen molar-refractivity contribution in [1.82, 2.24) is 9.21 Å². The van der Waals surface area contributed by atoms with Crippen LogP contribution >= 0.6 is 11.6 Å². The molecule has 37 heavy (non-hydrogen) atoms. The molecule has 0 aromatic heterocycles. The molecule has 2 saturated heterocycles. The SMILES string of the molecule is CC(=O)N1c2ccc(S(=O)(=O)N3CCC(C(=O)N4CCN(c5ccc(Cl)cc5)CC4)CC3)cc2C[C@@H]1C. The Labute approximate surface area is 223 Å². The molecule has 2 fully saturated rings. The van der Waals surface area contributed by atoms with Gasteiger partial charge in [-0.3, -0.25) is 9.59 Å². The van der Waals surface area contributed by atoms with E-state index in [0.29, 0.717) is 50.5 Å². The normalized spacial score (nSPS) is 21.3. The van der Waals surface area contributed by atoms with E-state index >= 15 is 0 Å². The van der Waals surface area contributed by atoms with Crippen LogP contribution in [-0.2, 0) is 26.0 Å². The van der Waals surface area contributed by atoms with E-state index < -0.39 is 10.0 Å². The first-order valence-corrected chi connectivity index (χ1v) is 14.7. The lowest BCUT2D eigenvalue weighted by molar-refractivity contribution is -0.137. The first kappa shape index (κ1) is 26.0. The topological polar surface area (TPSA) is 81.2 Å². The fraction of sp³-hybridized carbons (Fsp3) is 0.481. The zero-order chi connectivity index (χ0) is 26.3. The van der Waals surface area contributed by atoms with E-state index in [1.165, 1.54) is 11.2 Å². The molecular weight excluding hydrogens is 512 g/mol. The zero-order valence-electron chi connectivity index (χ0n) is 21.3. The number of fused-ring (bicyclic) bond motifs is 1. The molecule has 3 aliphatic heterocycles. The van der Waals surface area contributed by atoms with Gasteiger partial charge in [0.25, 0.3) is 0 Å². The molecule has 10 heteroatoms. The van der Waals surface area contributed by atoms with Crippen molar-refractivity contribution in [3.8, 4) is 0 Å². The largest absolute Gasteiger partial charge is 0.368 e. The third kappa shape index (κ3) is 5.09. The third-order valence-electron chi connectivity index (χ3n) is 7.83. The Bertz CT molecular complexity index is 1280. The number of hydrogen-bond acceptors (Lipinski definition) is 5. The van der Waals surface area contributed by atoms with Gasteiger partial charge in [-0.2, -0.15) is 4.31 Å². The van der Waals surface area contributed by atoms with E-state index in [1.807, 2.05) is 36.1 Å².